The highest BCUT2D eigenvalue weighted by atomic mass is 35.5. The van der Waals surface area contributed by atoms with Crippen LogP contribution < -0.4 is 0 Å². The number of hydrogen-bond acceptors (Lipinski definition) is 0. The van der Waals surface area contributed by atoms with Crippen molar-refractivity contribution in [3.8, 4) is 0 Å². The second-order valence-electron chi connectivity index (χ2n) is 3.40. The third-order valence-corrected chi connectivity index (χ3v) is 2.23. The van der Waals surface area contributed by atoms with Crippen molar-refractivity contribution >= 4 is 11.6 Å². The van der Waals surface area contributed by atoms with E-state index in [9.17, 15) is 0 Å². The van der Waals surface area contributed by atoms with Crippen LogP contribution in [0.3, 0.4) is 0 Å². The van der Waals surface area contributed by atoms with Gasteiger partial charge >= 0.3 is 0 Å². The molecule has 0 fully saturated rings. The molecule has 0 aromatic carbocycles. The van der Waals surface area contributed by atoms with E-state index in [4.69, 9.17) is 11.6 Å². The minimum Gasteiger partial charge on any atom is -0.0891 e. The summed E-state index contributed by atoms with van der Waals surface area (Å²) in [7, 11) is 0. The first-order chi connectivity index (χ1) is 5.57. The summed E-state index contributed by atoms with van der Waals surface area (Å²) >= 11 is 6.03. The number of allylic oxidation sites excluding steroid dienone is 4. The van der Waals surface area contributed by atoms with E-state index < -0.39 is 0 Å². The summed E-state index contributed by atoms with van der Waals surface area (Å²) in [6.45, 7) is 8.55. The van der Waals surface area contributed by atoms with Crippen LogP contribution in [-0.4, -0.2) is 0 Å². The highest BCUT2D eigenvalue weighted by Gasteiger charge is 1.95. The van der Waals surface area contributed by atoms with Crippen molar-refractivity contribution in [3.63, 3.8) is 0 Å². The Morgan fingerprint density at radius 2 is 1.83 bits per heavy atom. The fraction of sp³-hybridized carbons (Fsp3) is 0.636. The van der Waals surface area contributed by atoms with E-state index in [0.717, 1.165) is 17.9 Å². The molecule has 0 radical (unpaired) electrons. The van der Waals surface area contributed by atoms with Gasteiger partial charge in [-0.05, 0) is 27.2 Å². The van der Waals surface area contributed by atoms with E-state index in [1.54, 1.807) is 0 Å². The molecule has 0 bridgehead atoms. The normalized spacial score (nSPS) is 11.6. The molecular weight excluding hydrogens is 168 g/mol. The Morgan fingerprint density at radius 3 is 2.25 bits per heavy atom. The standard InChI is InChI=1S/C11H19Cl/c1-5-6-7-11(12)8-10(4)9(2)3/h7H,5-6,8H2,1-4H3/b11-7+. The van der Waals surface area contributed by atoms with Gasteiger partial charge in [0.25, 0.3) is 0 Å². The summed E-state index contributed by atoms with van der Waals surface area (Å²) in [6.07, 6.45) is 5.30. The highest BCUT2D eigenvalue weighted by molar-refractivity contribution is 6.29. The molecule has 0 N–H and O–H groups in total. The maximum absolute atomic E-state index is 6.03. The first-order valence-corrected chi connectivity index (χ1v) is 4.93. The molecule has 0 atom stereocenters. The maximum atomic E-state index is 6.03. The predicted molar refractivity (Wildman–Crippen MR) is 57.5 cm³/mol. The Balaban J connectivity index is 4.00. The van der Waals surface area contributed by atoms with Crippen LogP contribution in [0.25, 0.3) is 0 Å². The summed E-state index contributed by atoms with van der Waals surface area (Å²) in [6, 6.07) is 0. The Bertz CT molecular complexity index is 183. The fourth-order valence-electron chi connectivity index (χ4n) is 0.803. The topological polar surface area (TPSA) is 0 Å². The minimum absolute atomic E-state index is 0.921. The number of rotatable bonds is 4. The lowest BCUT2D eigenvalue weighted by molar-refractivity contribution is 0.948. The van der Waals surface area contributed by atoms with E-state index in [-0.39, 0.29) is 0 Å². The Kier molecular flexibility index (Phi) is 6.18. The van der Waals surface area contributed by atoms with Crippen LogP contribution in [-0.2, 0) is 0 Å². The molecule has 0 nitrogen and oxygen atoms in total. The number of unbranched alkanes of at least 4 members (excludes halogenated alkanes) is 1. The molecule has 0 aliphatic heterocycles. The Morgan fingerprint density at radius 1 is 1.25 bits per heavy atom. The van der Waals surface area contributed by atoms with Crippen molar-refractivity contribution in [1.29, 1.82) is 0 Å². The van der Waals surface area contributed by atoms with Crippen molar-refractivity contribution in [2.24, 2.45) is 0 Å². The largest absolute Gasteiger partial charge is 0.0891 e. The van der Waals surface area contributed by atoms with Crippen molar-refractivity contribution in [2.45, 2.75) is 47.0 Å². The molecule has 0 rings (SSSR count). The molecule has 0 saturated heterocycles. The monoisotopic (exact) mass is 186 g/mol. The summed E-state index contributed by atoms with van der Waals surface area (Å²) in [5.41, 5.74) is 2.76. The maximum Gasteiger partial charge on any atom is 0.0181 e. The number of halogens is 1. The van der Waals surface area contributed by atoms with E-state index >= 15 is 0 Å². The smallest absolute Gasteiger partial charge is 0.0181 e. The molecule has 0 aromatic heterocycles. The lowest BCUT2D eigenvalue weighted by Gasteiger charge is -2.02. The molecule has 0 aromatic rings. The zero-order valence-electron chi connectivity index (χ0n) is 8.58. The molecule has 0 heterocycles. The van der Waals surface area contributed by atoms with Gasteiger partial charge in [-0.1, -0.05) is 42.2 Å². The third kappa shape index (κ3) is 5.42. The van der Waals surface area contributed by atoms with Crippen molar-refractivity contribution in [1.82, 2.24) is 0 Å². The van der Waals surface area contributed by atoms with Crippen molar-refractivity contribution < 1.29 is 0 Å². The van der Waals surface area contributed by atoms with Gasteiger partial charge in [0.15, 0.2) is 0 Å². The summed E-state index contributed by atoms with van der Waals surface area (Å²) in [5.74, 6) is 0. The summed E-state index contributed by atoms with van der Waals surface area (Å²) in [5, 5.41) is 0.982. The van der Waals surface area contributed by atoms with E-state index in [0.29, 0.717) is 0 Å². The van der Waals surface area contributed by atoms with Crippen LogP contribution in [0.1, 0.15) is 47.0 Å². The molecule has 12 heavy (non-hydrogen) atoms. The molecule has 0 aliphatic carbocycles. The van der Waals surface area contributed by atoms with Crippen molar-refractivity contribution in [3.05, 3.63) is 22.3 Å². The Hall–Kier alpha value is -0.230. The summed E-state index contributed by atoms with van der Waals surface area (Å²) in [4.78, 5) is 0. The van der Waals surface area contributed by atoms with E-state index in [1.807, 2.05) is 0 Å². The minimum atomic E-state index is 0.921. The van der Waals surface area contributed by atoms with Gasteiger partial charge < -0.3 is 0 Å². The quantitative estimate of drug-likeness (QED) is 0.561. The van der Waals surface area contributed by atoms with Gasteiger partial charge in [-0.3, -0.25) is 0 Å². The molecule has 70 valence electrons. The van der Waals surface area contributed by atoms with Gasteiger partial charge in [0.1, 0.15) is 0 Å². The lowest BCUT2D eigenvalue weighted by atomic mass is 10.1. The second kappa shape index (κ2) is 6.30. The van der Waals surface area contributed by atoms with Crippen LogP contribution in [0.4, 0.5) is 0 Å². The van der Waals surface area contributed by atoms with E-state index in [1.165, 1.54) is 17.6 Å². The van der Waals surface area contributed by atoms with Gasteiger partial charge in [-0.25, -0.2) is 0 Å². The van der Waals surface area contributed by atoms with Crippen LogP contribution in [0, 0.1) is 0 Å². The van der Waals surface area contributed by atoms with Crippen LogP contribution in [0.15, 0.2) is 22.3 Å². The zero-order valence-corrected chi connectivity index (χ0v) is 9.33. The SMILES string of the molecule is CCC/C=C(/Cl)CC(C)=C(C)C. The molecule has 0 spiro atoms. The van der Waals surface area contributed by atoms with Gasteiger partial charge in [0.2, 0.25) is 0 Å². The van der Waals surface area contributed by atoms with Gasteiger partial charge in [0, 0.05) is 11.5 Å². The summed E-state index contributed by atoms with van der Waals surface area (Å²) < 4.78 is 0. The molecule has 1 heteroatoms. The number of hydrogen-bond donors (Lipinski definition) is 0. The van der Waals surface area contributed by atoms with Gasteiger partial charge in [0.05, 0.1) is 0 Å². The third-order valence-electron chi connectivity index (χ3n) is 1.94. The van der Waals surface area contributed by atoms with Crippen molar-refractivity contribution in [2.75, 3.05) is 0 Å². The zero-order chi connectivity index (χ0) is 9.56. The first-order valence-electron chi connectivity index (χ1n) is 4.55. The fourth-order valence-corrected chi connectivity index (χ4v) is 1.11. The molecular formula is C11H19Cl. The van der Waals surface area contributed by atoms with E-state index in [2.05, 4.69) is 33.8 Å². The van der Waals surface area contributed by atoms with Crippen LogP contribution in [0.2, 0.25) is 0 Å². The predicted octanol–water partition coefficient (Wildman–Crippen LogP) is 4.66. The molecule has 0 amide bonds. The highest BCUT2D eigenvalue weighted by Crippen LogP contribution is 2.17. The lowest BCUT2D eigenvalue weighted by Crippen LogP contribution is -1.81. The average Bonchev–Trinajstić information content (AvgIpc) is 2.00. The van der Waals surface area contributed by atoms with Gasteiger partial charge in [-0.15, -0.1) is 0 Å². The van der Waals surface area contributed by atoms with Crippen LogP contribution in [0.5, 0.6) is 0 Å². The second-order valence-corrected chi connectivity index (χ2v) is 3.88. The van der Waals surface area contributed by atoms with Crippen LogP contribution >= 0.6 is 11.6 Å². The molecule has 0 saturated carbocycles. The molecule has 0 aliphatic rings. The average molecular weight is 187 g/mol. The van der Waals surface area contributed by atoms with Gasteiger partial charge in [-0.2, -0.15) is 0 Å². The molecule has 0 unspecified atom stereocenters. The Labute approximate surface area is 81.3 Å². The first kappa shape index (κ1) is 11.8.